The van der Waals surface area contributed by atoms with E-state index in [1.165, 1.54) is 6.08 Å². The molecule has 0 saturated heterocycles. The Morgan fingerprint density at radius 2 is 2.11 bits per heavy atom. The summed E-state index contributed by atoms with van der Waals surface area (Å²) < 4.78 is 39.7. The molecule has 0 unspecified atom stereocenters. The molecule has 0 saturated carbocycles. The van der Waals surface area contributed by atoms with Gasteiger partial charge in [0.2, 0.25) is 0 Å². The van der Waals surface area contributed by atoms with E-state index in [1.54, 1.807) is 22.8 Å². The topological polar surface area (TPSA) is 93.2 Å². The van der Waals surface area contributed by atoms with Gasteiger partial charge in [0.25, 0.3) is 5.91 Å². The Kier molecular flexibility index (Phi) is 6.48. The van der Waals surface area contributed by atoms with Crippen LogP contribution in [-0.4, -0.2) is 39.3 Å². The summed E-state index contributed by atoms with van der Waals surface area (Å²) in [5, 5.41) is 12.7. The number of nitrogens with two attached hydrogens (primary N) is 1. The third kappa shape index (κ3) is 5.99. The van der Waals surface area contributed by atoms with Crippen molar-refractivity contribution < 1.29 is 23.1 Å². The third-order valence-electron chi connectivity index (χ3n) is 3.93. The average Bonchev–Trinajstić information content (AvgIpc) is 2.89. The quantitative estimate of drug-likeness (QED) is 0.482. The van der Waals surface area contributed by atoms with Crippen molar-refractivity contribution in [3.8, 4) is 0 Å². The molecule has 0 atom stereocenters. The van der Waals surface area contributed by atoms with Gasteiger partial charge in [-0.15, -0.1) is 0 Å². The van der Waals surface area contributed by atoms with Gasteiger partial charge in [0.15, 0.2) is 5.76 Å². The van der Waals surface area contributed by atoms with E-state index < -0.39 is 24.3 Å². The molecule has 0 fully saturated rings. The van der Waals surface area contributed by atoms with E-state index in [-0.39, 0.29) is 12.5 Å². The number of aliphatic hydroxyl groups is 1. The number of imidazole rings is 1. The fraction of sp³-hybridized carbons (Fsp3) is 0.444. The van der Waals surface area contributed by atoms with Crippen molar-refractivity contribution in [2.75, 3.05) is 6.54 Å². The molecule has 0 aliphatic carbocycles. The highest BCUT2D eigenvalue weighted by molar-refractivity contribution is 5.94. The van der Waals surface area contributed by atoms with Crippen LogP contribution in [-0.2, 0) is 17.8 Å². The third-order valence-corrected chi connectivity index (χ3v) is 3.93. The molecular weight excluding hydrogens is 361 g/mol. The van der Waals surface area contributed by atoms with Crippen LogP contribution in [0.15, 0.2) is 24.0 Å². The van der Waals surface area contributed by atoms with Crippen molar-refractivity contribution in [1.29, 1.82) is 0 Å². The summed E-state index contributed by atoms with van der Waals surface area (Å²) in [7, 11) is 0. The molecule has 1 amide bonds. The van der Waals surface area contributed by atoms with Crippen LogP contribution < -0.4 is 11.1 Å². The van der Waals surface area contributed by atoms with Crippen molar-refractivity contribution in [3.63, 3.8) is 0 Å². The number of benzene rings is 1. The summed E-state index contributed by atoms with van der Waals surface area (Å²) in [6.45, 7) is 5.04. The van der Waals surface area contributed by atoms with Crippen molar-refractivity contribution >= 4 is 23.0 Å². The van der Waals surface area contributed by atoms with Crippen molar-refractivity contribution in [2.45, 2.75) is 45.5 Å². The number of nitrogens with one attached hydrogen (secondary N) is 1. The van der Waals surface area contributed by atoms with E-state index in [4.69, 9.17) is 5.73 Å². The molecular formula is C18H23F3N4O2. The number of carbonyl (C=O) groups excluding carboxylic acids is 1. The Bertz CT molecular complexity index is 841. The van der Waals surface area contributed by atoms with E-state index >= 15 is 0 Å². The zero-order valence-electron chi connectivity index (χ0n) is 15.2. The molecule has 0 radical (unpaired) electrons. The monoisotopic (exact) mass is 384 g/mol. The molecule has 0 aliphatic heterocycles. The fourth-order valence-electron chi connectivity index (χ4n) is 2.67. The lowest BCUT2D eigenvalue weighted by Gasteiger charge is -2.13. The van der Waals surface area contributed by atoms with E-state index in [1.807, 2.05) is 13.8 Å². The number of hydrogen-bond donors (Lipinski definition) is 3. The number of nitrogens with zero attached hydrogens (tertiary/aromatic N) is 2. The van der Waals surface area contributed by atoms with Crippen molar-refractivity contribution in [2.24, 2.45) is 5.73 Å². The zero-order valence-corrected chi connectivity index (χ0v) is 15.2. The molecule has 0 aliphatic rings. The Labute approximate surface area is 154 Å². The average molecular weight is 384 g/mol. The van der Waals surface area contributed by atoms with Gasteiger partial charge in [0.05, 0.1) is 17.5 Å². The van der Waals surface area contributed by atoms with Gasteiger partial charge in [0, 0.05) is 25.6 Å². The lowest BCUT2D eigenvalue weighted by Crippen LogP contribution is -2.27. The first-order valence-corrected chi connectivity index (χ1v) is 8.56. The predicted molar refractivity (Wildman–Crippen MR) is 97.0 cm³/mol. The first-order valence-electron chi connectivity index (χ1n) is 8.56. The van der Waals surface area contributed by atoms with Gasteiger partial charge in [-0.2, -0.15) is 13.2 Å². The van der Waals surface area contributed by atoms with E-state index in [0.29, 0.717) is 35.5 Å². The summed E-state index contributed by atoms with van der Waals surface area (Å²) in [5.74, 6) is -1.23. The van der Waals surface area contributed by atoms with Crippen LogP contribution in [0.4, 0.5) is 13.2 Å². The lowest BCUT2D eigenvalue weighted by atomic mass is 10.1. The fourth-order valence-corrected chi connectivity index (χ4v) is 2.67. The summed E-state index contributed by atoms with van der Waals surface area (Å²) in [4.78, 5) is 15.3. The Morgan fingerprint density at radius 3 is 2.70 bits per heavy atom. The maximum Gasteiger partial charge on any atom is 0.389 e. The molecule has 148 valence electrons. The summed E-state index contributed by atoms with van der Waals surface area (Å²) in [5.41, 5.74) is 6.65. The molecule has 2 rings (SSSR count). The SMILES string of the molecule is CC(C)NCCn1c(CCC(F)(F)F)nc2cc(C=C(O)C(N)=O)ccc21. The normalized spacial score (nSPS) is 12.9. The molecule has 1 aromatic heterocycles. The number of aliphatic hydroxyl groups excluding tert-OH is 1. The maximum absolute atomic E-state index is 12.6. The van der Waals surface area contributed by atoms with Crippen LogP contribution in [0.25, 0.3) is 17.1 Å². The minimum absolute atomic E-state index is 0.225. The predicted octanol–water partition coefficient (Wildman–Crippen LogP) is 2.91. The molecule has 0 spiro atoms. The Morgan fingerprint density at radius 1 is 1.41 bits per heavy atom. The van der Waals surface area contributed by atoms with Gasteiger partial charge in [-0.1, -0.05) is 19.9 Å². The maximum atomic E-state index is 12.6. The minimum atomic E-state index is -4.26. The number of carbonyl (C=O) groups is 1. The Balaban J connectivity index is 2.37. The highest BCUT2D eigenvalue weighted by Crippen LogP contribution is 2.25. The van der Waals surface area contributed by atoms with Gasteiger partial charge in [-0.3, -0.25) is 4.79 Å². The number of aryl methyl sites for hydroxylation is 1. The molecule has 4 N–H and O–H groups in total. The molecule has 0 bridgehead atoms. The number of fused-ring (bicyclic) bond motifs is 1. The summed E-state index contributed by atoms with van der Waals surface area (Å²) >= 11 is 0. The first-order chi connectivity index (χ1) is 12.6. The molecule has 9 heteroatoms. The number of aromatic nitrogens is 2. The smallest absolute Gasteiger partial charge is 0.389 e. The van der Waals surface area contributed by atoms with Crippen LogP contribution in [0.1, 0.15) is 31.7 Å². The second-order valence-electron chi connectivity index (χ2n) is 6.55. The zero-order chi connectivity index (χ0) is 20.2. The van der Waals surface area contributed by atoms with E-state index in [9.17, 15) is 23.1 Å². The number of alkyl halides is 3. The minimum Gasteiger partial charge on any atom is -0.503 e. The Hall–Kier alpha value is -2.55. The molecule has 2 aromatic rings. The number of rotatable bonds is 8. The van der Waals surface area contributed by atoms with Crippen molar-refractivity contribution in [3.05, 3.63) is 35.3 Å². The molecule has 1 aromatic carbocycles. The first kappa shape index (κ1) is 20.8. The number of primary amides is 1. The van der Waals surface area contributed by atoms with Crippen LogP contribution >= 0.6 is 0 Å². The van der Waals surface area contributed by atoms with Crippen LogP contribution in [0.2, 0.25) is 0 Å². The summed E-state index contributed by atoms with van der Waals surface area (Å²) in [6, 6.07) is 5.20. The van der Waals surface area contributed by atoms with Crippen LogP contribution in [0.3, 0.4) is 0 Å². The second kappa shape index (κ2) is 8.43. The van der Waals surface area contributed by atoms with Crippen LogP contribution in [0, 0.1) is 0 Å². The highest BCUT2D eigenvalue weighted by Gasteiger charge is 2.28. The van der Waals surface area contributed by atoms with E-state index in [2.05, 4.69) is 10.3 Å². The van der Waals surface area contributed by atoms with Gasteiger partial charge in [-0.25, -0.2) is 4.98 Å². The highest BCUT2D eigenvalue weighted by atomic mass is 19.4. The van der Waals surface area contributed by atoms with Crippen molar-refractivity contribution in [1.82, 2.24) is 14.9 Å². The lowest BCUT2D eigenvalue weighted by molar-refractivity contribution is -0.134. The number of amides is 1. The standard InChI is InChI=1S/C18H23F3N4O2/c1-11(2)23-7-8-25-14-4-3-12(10-15(26)17(22)27)9-13(14)24-16(25)5-6-18(19,20)21/h3-4,9-11,23,26H,5-8H2,1-2H3,(H2,22,27). The molecule has 1 heterocycles. The van der Waals surface area contributed by atoms with Gasteiger partial charge < -0.3 is 20.7 Å². The largest absolute Gasteiger partial charge is 0.503 e. The molecule has 6 nitrogen and oxygen atoms in total. The summed E-state index contributed by atoms with van der Waals surface area (Å²) in [6.07, 6.45) is -4.25. The second-order valence-corrected chi connectivity index (χ2v) is 6.55. The number of halogens is 3. The van der Waals surface area contributed by atoms with Crippen LogP contribution in [0.5, 0.6) is 0 Å². The molecule has 27 heavy (non-hydrogen) atoms. The van der Waals surface area contributed by atoms with Gasteiger partial charge >= 0.3 is 6.18 Å². The van der Waals surface area contributed by atoms with E-state index in [0.717, 1.165) is 0 Å². The van der Waals surface area contributed by atoms with Gasteiger partial charge in [-0.05, 0) is 23.8 Å². The van der Waals surface area contributed by atoms with Gasteiger partial charge in [0.1, 0.15) is 5.82 Å². The number of hydrogen-bond acceptors (Lipinski definition) is 4.